The van der Waals surface area contributed by atoms with Crippen molar-refractivity contribution in [2.45, 2.75) is 19.4 Å². The maximum atomic E-state index is 13.3. The molecule has 0 amide bonds. The molecule has 104 valence electrons. The first-order valence-corrected chi connectivity index (χ1v) is 6.46. The molecule has 0 fully saturated rings. The van der Waals surface area contributed by atoms with Crippen LogP contribution in [0, 0.1) is 12.7 Å². The van der Waals surface area contributed by atoms with Gasteiger partial charge in [0.05, 0.1) is 6.10 Å². The van der Waals surface area contributed by atoms with Crippen molar-refractivity contribution in [2.24, 2.45) is 0 Å². The molecule has 0 aliphatic carbocycles. The molecular weight excluding hydrogens is 259 g/mol. The summed E-state index contributed by atoms with van der Waals surface area (Å²) >= 11 is 0. The van der Waals surface area contributed by atoms with Gasteiger partial charge in [-0.15, -0.1) is 0 Å². The highest BCUT2D eigenvalue weighted by atomic mass is 19.1. The number of aryl methyl sites for hydroxylation is 1. The van der Waals surface area contributed by atoms with E-state index in [9.17, 15) is 9.50 Å². The van der Waals surface area contributed by atoms with Gasteiger partial charge >= 0.3 is 0 Å². The quantitative estimate of drug-likeness (QED) is 0.934. The van der Waals surface area contributed by atoms with Crippen molar-refractivity contribution in [2.75, 3.05) is 6.79 Å². The van der Waals surface area contributed by atoms with Crippen LogP contribution in [0.1, 0.15) is 22.8 Å². The number of aliphatic hydroxyl groups excluding tert-OH is 1. The van der Waals surface area contributed by atoms with Gasteiger partial charge in [-0.05, 0) is 47.9 Å². The Kier molecular flexibility index (Phi) is 3.32. The first-order chi connectivity index (χ1) is 9.63. The van der Waals surface area contributed by atoms with E-state index in [-0.39, 0.29) is 12.6 Å². The minimum Gasteiger partial charge on any atom is -0.454 e. The lowest BCUT2D eigenvalue weighted by Crippen LogP contribution is -2.03. The summed E-state index contributed by atoms with van der Waals surface area (Å²) in [5, 5.41) is 10.3. The Morgan fingerprint density at radius 1 is 1.15 bits per heavy atom. The van der Waals surface area contributed by atoms with Crippen molar-refractivity contribution in [3.05, 3.63) is 58.9 Å². The van der Waals surface area contributed by atoms with Gasteiger partial charge in [-0.2, -0.15) is 0 Å². The van der Waals surface area contributed by atoms with E-state index in [4.69, 9.17) is 9.47 Å². The fourth-order valence-electron chi connectivity index (χ4n) is 2.31. The average molecular weight is 274 g/mol. The molecule has 1 N–H and O–H groups in total. The minimum atomic E-state index is -0.704. The summed E-state index contributed by atoms with van der Waals surface area (Å²) in [7, 11) is 0. The lowest BCUT2D eigenvalue weighted by atomic mass is 9.98. The normalized spacial score (nSPS) is 14.3. The fraction of sp³-hybridized carbons (Fsp3) is 0.250. The molecule has 1 unspecified atom stereocenters. The second kappa shape index (κ2) is 5.13. The number of benzene rings is 2. The van der Waals surface area contributed by atoms with Crippen LogP contribution in [0.2, 0.25) is 0 Å². The predicted molar refractivity (Wildman–Crippen MR) is 72.4 cm³/mol. The molecule has 0 aromatic heterocycles. The van der Waals surface area contributed by atoms with Gasteiger partial charge in [-0.25, -0.2) is 4.39 Å². The molecule has 3 nitrogen and oxygen atoms in total. The van der Waals surface area contributed by atoms with E-state index < -0.39 is 6.10 Å². The molecule has 20 heavy (non-hydrogen) atoms. The number of ether oxygens (including phenoxy) is 2. The van der Waals surface area contributed by atoms with Crippen LogP contribution >= 0.6 is 0 Å². The molecule has 0 saturated heterocycles. The van der Waals surface area contributed by atoms with E-state index in [0.717, 1.165) is 16.7 Å². The third-order valence-electron chi connectivity index (χ3n) is 3.51. The van der Waals surface area contributed by atoms with Gasteiger partial charge in [0.25, 0.3) is 0 Å². The fourth-order valence-corrected chi connectivity index (χ4v) is 2.31. The Bertz CT molecular complexity index is 640. The molecule has 2 aromatic rings. The summed E-state index contributed by atoms with van der Waals surface area (Å²) in [5.74, 6) is 1.03. The minimum absolute atomic E-state index is 0.206. The smallest absolute Gasteiger partial charge is 0.231 e. The topological polar surface area (TPSA) is 38.7 Å². The Balaban J connectivity index is 1.82. The summed E-state index contributed by atoms with van der Waals surface area (Å²) in [4.78, 5) is 0. The molecule has 1 aliphatic heterocycles. The van der Waals surface area contributed by atoms with Gasteiger partial charge < -0.3 is 14.6 Å². The number of fused-ring (bicyclic) bond motifs is 1. The summed E-state index contributed by atoms with van der Waals surface area (Å²) in [5.41, 5.74) is 2.50. The van der Waals surface area contributed by atoms with Crippen LogP contribution < -0.4 is 9.47 Å². The maximum Gasteiger partial charge on any atom is 0.231 e. The lowest BCUT2D eigenvalue weighted by molar-refractivity contribution is 0.171. The molecule has 0 saturated carbocycles. The predicted octanol–water partition coefficient (Wildman–Crippen LogP) is 3.14. The number of halogens is 1. The van der Waals surface area contributed by atoms with Crippen LogP contribution in [0.5, 0.6) is 11.5 Å². The number of aliphatic hydroxyl groups is 1. The molecule has 0 bridgehead atoms. The zero-order chi connectivity index (χ0) is 14.1. The zero-order valence-corrected chi connectivity index (χ0v) is 11.1. The van der Waals surface area contributed by atoms with Crippen LogP contribution in [0.25, 0.3) is 0 Å². The first-order valence-electron chi connectivity index (χ1n) is 6.46. The highest BCUT2D eigenvalue weighted by Gasteiger charge is 2.17. The van der Waals surface area contributed by atoms with Gasteiger partial charge in [-0.1, -0.05) is 12.1 Å². The zero-order valence-electron chi connectivity index (χ0n) is 11.1. The molecule has 0 radical (unpaired) electrons. The first kappa shape index (κ1) is 12.9. The summed E-state index contributed by atoms with van der Waals surface area (Å²) in [6, 6.07) is 9.95. The van der Waals surface area contributed by atoms with Crippen molar-refractivity contribution in [3.63, 3.8) is 0 Å². The number of rotatable bonds is 3. The highest BCUT2D eigenvalue weighted by Crippen LogP contribution is 2.35. The Morgan fingerprint density at radius 3 is 2.80 bits per heavy atom. The SMILES string of the molecule is Cc1ccc(F)cc1CC(O)c1ccc2c(c1)OCO2. The Hall–Kier alpha value is -2.07. The summed E-state index contributed by atoms with van der Waals surface area (Å²) in [6.07, 6.45) is -0.339. The third-order valence-corrected chi connectivity index (χ3v) is 3.51. The van der Waals surface area contributed by atoms with Crippen molar-refractivity contribution < 1.29 is 19.0 Å². The molecule has 2 aromatic carbocycles. The van der Waals surface area contributed by atoms with Gasteiger partial charge in [-0.3, -0.25) is 0 Å². The largest absolute Gasteiger partial charge is 0.454 e. The van der Waals surface area contributed by atoms with Crippen LogP contribution in [0.3, 0.4) is 0 Å². The van der Waals surface area contributed by atoms with E-state index in [1.165, 1.54) is 12.1 Å². The molecule has 4 heteroatoms. The van der Waals surface area contributed by atoms with E-state index in [1.807, 2.05) is 6.92 Å². The van der Waals surface area contributed by atoms with Crippen molar-refractivity contribution in [3.8, 4) is 11.5 Å². The van der Waals surface area contributed by atoms with Gasteiger partial charge in [0.2, 0.25) is 6.79 Å². The molecule has 1 atom stereocenters. The Labute approximate surface area is 116 Å². The Morgan fingerprint density at radius 2 is 1.95 bits per heavy atom. The lowest BCUT2D eigenvalue weighted by Gasteiger charge is -2.13. The summed E-state index contributed by atoms with van der Waals surface area (Å²) in [6.45, 7) is 2.11. The van der Waals surface area contributed by atoms with Crippen LogP contribution in [0.15, 0.2) is 36.4 Å². The second-order valence-corrected chi connectivity index (χ2v) is 4.90. The maximum absolute atomic E-state index is 13.3. The van der Waals surface area contributed by atoms with E-state index in [2.05, 4.69) is 0 Å². The van der Waals surface area contributed by atoms with Gasteiger partial charge in [0.15, 0.2) is 11.5 Å². The van der Waals surface area contributed by atoms with Crippen LogP contribution in [-0.2, 0) is 6.42 Å². The van der Waals surface area contributed by atoms with E-state index >= 15 is 0 Å². The number of hydrogen-bond acceptors (Lipinski definition) is 3. The molecule has 1 aliphatic rings. The van der Waals surface area contributed by atoms with Gasteiger partial charge in [0.1, 0.15) is 5.82 Å². The van der Waals surface area contributed by atoms with Crippen molar-refractivity contribution >= 4 is 0 Å². The summed E-state index contributed by atoms with van der Waals surface area (Å²) < 4.78 is 23.8. The van der Waals surface area contributed by atoms with E-state index in [0.29, 0.717) is 17.9 Å². The highest BCUT2D eigenvalue weighted by molar-refractivity contribution is 5.45. The molecule has 3 rings (SSSR count). The average Bonchev–Trinajstić information content (AvgIpc) is 2.90. The molecule has 1 heterocycles. The molecule has 0 spiro atoms. The third kappa shape index (κ3) is 2.47. The van der Waals surface area contributed by atoms with Crippen molar-refractivity contribution in [1.29, 1.82) is 0 Å². The van der Waals surface area contributed by atoms with Crippen molar-refractivity contribution in [1.82, 2.24) is 0 Å². The van der Waals surface area contributed by atoms with Crippen LogP contribution in [-0.4, -0.2) is 11.9 Å². The van der Waals surface area contributed by atoms with E-state index in [1.54, 1.807) is 24.3 Å². The standard InChI is InChI=1S/C16H15FO3/c1-10-2-4-13(17)6-12(10)7-14(18)11-3-5-15-16(8-11)20-9-19-15/h2-6,8,14,18H,7,9H2,1H3. The van der Waals surface area contributed by atoms with Gasteiger partial charge in [0, 0.05) is 6.42 Å². The monoisotopic (exact) mass is 274 g/mol. The van der Waals surface area contributed by atoms with Crippen LogP contribution in [0.4, 0.5) is 4.39 Å². The second-order valence-electron chi connectivity index (χ2n) is 4.90. The number of hydrogen-bond donors (Lipinski definition) is 1. The molecular formula is C16H15FO3.